The lowest BCUT2D eigenvalue weighted by atomic mass is 10.1. The minimum atomic E-state index is -4.83. The second-order valence-electron chi connectivity index (χ2n) is 3.73. The molecule has 2 rings (SSSR count). The van der Waals surface area contributed by atoms with Crippen molar-refractivity contribution in [2.24, 2.45) is 0 Å². The van der Waals surface area contributed by atoms with Crippen LogP contribution in [-0.2, 0) is 6.18 Å². The highest BCUT2D eigenvalue weighted by Gasteiger charge is 2.34. The third-order valence-electron chi connectivity index (χ3n) is 2.31. The Morgan fingerprint density at radius 2 is 1.55 bits per heavy atom. The maximum absolute atomic E-state index is 13.5. The predicted octanol–water partition coefficient (Wildman–Crippen LogP) is 4.24. The van der Waals surface area contributed by atoms with Crippen LogP contribution in [0.5, 0.6) is 0 Å². The molecule has 0 aliphatic heterocycles. The normalized spacial score (nSPS) is 11.7. The van der Waals surface area contributed by atoms with Gasteiger partial charge >= 0.3 is 6.18 Å². The summed E-state index contributed by atoms with van der Waals surface area (Å²) in [5.74, 6) is -5.53. The standard InChI is InChI=1S/C11H4F6N2S/c12-5-2-7(14)6(13)1-4(5)8-3-9(20)19-10(18-8)11(15,16)17/h1-3H,(H,18,19,20). The molecule has 1 heterocycles. The van der Waals surface area contributed by atoms with Gasteiger partial charge in [-0.3, -0.25) is 0 Å². The summed E-state index contributed by atoms with van der Waals surface area (Å²) < 4.78 is 76.5. The molecule has 0 saturated heterocycles. The molecule has 2 aromatic rings. The van der Waals surface area contributed by atoms with E-state index in [9.17, 15) is 26.3 Å². The zero-order valence-electron chi connectivity index (χ0n) is 9.36. The number of alkyl halides is 3. The Morgan fingerprint density at radius 1 is 0.950 bits per heavy atom. The second kappa shape index (κ2) is 4.89. The van der Waals surface area contributed by atoms with Gasteiger partial charge in [0, 0.05) is 11.6 Å². The van der Waals surface area contributed by atoms with Gasteiger partial charge in [-0.2, -0.15) is 13.2 Å². The van der Waals surface area contributed by atoms with Gasteiger partial charge in [0.05, 0.1) is 5.69 Å². The van der Waals surface area contributed by atoms with E-state index < -0.39 is 45.4 Å². The van der Waals surface area contributed by atoms with E-state index in [1.54, 1.807) is 4.98 Å². The molecule has 0 saturated carbocycles. The van der Waals surface area contributed by atoms with Crippen LogP contribution in [0.25, 0.3) is 11.3 Å². The van der Waals surface area contributed by atoms with Crippen LogP contribution in [-0.4, -0.2) is 9.97 Å². The zero-order valence-corrected chi connectivity index (χ0v) is 10.2. The Labute approximate surface area is 113 Å². The molecule has 0 bridgehead atoms. The summed E-state index contributed by atoms with van der Waals surface area (Å²) in [5.41, 5.74) is -1.03. The van der Waals surface area contributed by atoms with Crippen molar-refractivity contribution in [3.8, 4) is 11.3 Å². The van der Waals surface area contributed by atoms with Crippen LogP contribution in [0.1, 0.15) is 5.82 Å². The topological polar surface area (TPSA) is 28.7 Å². The molecule has 2 nitrogen and oxygen atoms in total. The molecule has 0 radical (unpaired) electrons. The van der Waals surface area contributed by atoms with Crippen molar-refractivity contribution in [3.63, 3.8) is 0 Å². The first-order valence-electron chi connectivity index (χ1n) is 5.02. The van der Waals surface area contributed by atoms with E-state index in [1.165, 1.54) is 0 Å². The molecule has 0 aliphatic carbocycles. The molecule has 0 amide bonds. The van der Waals surface area contributed by atoms with Crippen molar-refractivity contribution < 1.29 is 26.3 Å². The van der Waals surface area contributed by atoms with Gasteiger partial charge in [-0.25, -0.2) is 18.2 Å². The Hall–Kier alpha value is -1.90. The van der Waals surface area contributed by atoms with Crippen molar-refractivity contribution in [1.82, 2.24) is 9.97 Å². The predicted molar refractivity (Wildman–Crippen MR) is 59.7 cm³/mol. The summed E-state index contributed by atoms with van der Waals surface area (Å²) in [6, 6.07) is 1.58. The molecule has 1 aromatic heterocycles. The summed E-state index contributed by atoms with van der Waals surface area (Å²) in [5, 5.41) is 0. The van der Waals surface area contributed by atoms with E-state index in [0.717, 1.165) is 6.07 Å². The van der Waals surface area contributed by atoms with E-state index in [2.05, 4.69) is 17.2 Å². The molecule has 9 heteroatoms. The van der Waals surface area contributed by atoms with E-state index in [0.29, 0.717) is 6.07 Å². The van der Waals surface area contributed by atoms with Crippen LogP contribution in [0.4, 0.5) is 26.3 Å². The van der Waals surface area contributed by atoms with E-state index >= 15 is 0 Å². The van der Waals surface area contributed by atoms with E-state index in [4.69, 9.17) is 0 Å². The molecule has 0 unspecified atom stereocenters. The SMILES string of the molecule is Fc1cc(F)c(-c2cc(=S)nc(C(F)(F)F)[nH]2)cc1F. The molecule has 0 aliphatic rings. The van der Waals surface area contributed by atoms with Crippen LogP contribution in [0.15, 0.2) is 18.2 Å². The molecule has 0 fully saturated rings. The number of aromatic amines is 1. The highest BCUT2D eigenvalue weighted by molar-refractivity contribution is 7.71. The lowest BCUT2D eigenvalue weighted by Gasteiger charge is -2.09. The largest absolute Gasteiger partial charge is 0.449 e. The molecule has 1 N–H and O–H groups in total. The number of hydrogen-bond donors (Lipinski definition) is 1. The van der Waals surface area contributed by atoms with Gasteiger partial charge in [0.2, 0.25) is 5.82 Å². The van der Waals surface area contributed by atoms with Gasteiger partial charge in [-0.15, -0.1) is 0 Å². The Balaban J connectivity index is 2.68. The average Bonchev–Trinajstić information content (AvgIpc) is 2.32. The fourth-order valence-corrected chi connectivity index (χ4v) is 1.67. The van der Waals surface area contributed by atoms with Crippen LogP contribution in [0.3, 0.4) is 0 Å². The summed E-state index contributed by atoms with van der Waals surface area (Å²) in [4.78, 5) is 4.84. The van der Waals surface area contributed by atoms with E-state index in [-0.39, 0.29) is 6.07 Å². The summed E-state index contributed by atoms with van der Waals surface area (Å²) >= 11 is 4.54. The first-order chi connectivity index (χ1) is 9.18. The minimum absolute atomic E-state index is 0.231. The molecule has 0 atom stereocenters. The van der Waals surface area contributed by atoms with Crippen molar-refractivity contribution in [3.05, 3.63) is 46.1 Å². The number of aromatic nitrogens is 2. The van der Waals surface area contributed by atoms with Gasteiger partial charge in [-0.05, 0) is 12.1 Å². The number of hydrogen-bond acceptors (Lipinski definition) is 2. The summed E-state index contributed by atoms with van der Waals surface area (Å²) in [6.45, 7) is 0. The Bertz CT molecular complexity index is 722. The Kier molecular flexibility index (Phi) is 3.55. The number of nitrogens with zero attached hydrogens (tertiary/aromatic N) is 1. The molecular weight excluding hydrogens is 306 g/mol. The smallest absolute Gasteiger partial charge is 0.335 e. The van der Waals surface area contributed by atoms with Crippen molar-refractivity contribution in [2.75, 3.05) is 0 Å². The number of H-pyrrole nitrogens is 1. The van der Waals surface area contributed by atoms with Crippen LogP contribution in [0.2, 0.25) is 0 Å². The van der Waals surface area contributed by atoms with Gasteiger partial charge < -0.3 is 4.98 Å². The fourth-order valence-electron chi connectivity index (χ4n) is 1.47. The van der Waals surface area contributed by atoms with Crippen LogP contribution in [0, 0.1) is 22.1 Å². The van der Waals surface area contributed by atoms with Crippen molar-refractivity contribution >= 4 is 12.2 Å². The monoisotopic (exact) mass is 310 g/mol. The second-order valence-corrected chi connectivity index (χ2v) is 4.14. The highest BCUT2D eigenvalue weighted by Crippen LogP contribution is 2.29. The zero-order chi connectivity index (χ0) is 15.1. The maximum Gasteiger partial charge on any atom is 0.449 e. The van der Waals surface area contributed by atoms with Gasteiger partial charge in [-0.1, -0.05) is 12.2 Å². The Morgan fingerprint density at radius 3 is 2.15 bits per heavy atom. The third-order valence-corrected chi connectivity index (χ3v) is 2.52. The molecule has 0 spiro atoms. The first kappa shape index (κ1) is 14.5. The van der Waals surface area contributed by atoms with Gasteiger partial charge in [0.25, 0.3) is 0 Å². The quantitative estimate of drug-likeness (QED) is 0.485. The number of rotatable bonds is 1. The van der Waals surface area contributed by atoms with Crippen molar-refractivity contribution in [2.45, 2.75) is 6.18 Å². The summed E-state index contributed by atoms with van der Waals surface area (Å²) in [7, 11) is 0. The van der Waals surface area contributed by atoms with Crippen LogP contribution >= 0.6 is 12.2 Å². The molecule has 20 heavy (non-hydrogen) atoms. The van der Waals surface area contributed by atoms with Gasteiger partial charge in [0.1, 0.15) is 10.5 Å². The van der Waals surface area contributed by atoms with Gasteiger partial charge in [0.15, 0.2) is 11.6 Å². The molecule has 1 aromatic carbocycles. The summed E-state index contributed by atoms with van der Waals surface area (Å²) in [6.07, 6.45) is -4.83. The van der Waals surface area contributed by atoms with Crippen molar-refractivity contribution in [1.29, 1.82) is 0 Å². The molecular formula is C11H4F6N2S. The minimum Gasteiger partial charge on any atom is -0.335 e. The highest BCUT2D eigenvalue weighted by atomic mass is 32.1. The number of benzene rings is 1. The number of nitrogens with one attached hydrogen (secondary N) is 1. The molecule has 106 valence electrons. The van der Waals surface area contributed by atoms with E-state index in [1.807, 2.05) is 0 Å². The fraction of sp³-hybridized carbons (Fsp3) is 0.0909. The average molecular weight is 310 g/mol. The van der Waals surface area contributed by atoms with Crippen LogP contribution < -0.4 is 0 Å². The lowest BCUT2D eigenvalue weighted by molar-refractivity contribution is -0.145. The maximum atomic E-state index is 13.5. The third kappa shape index (κ3) is 2.82. The lowest BCUT2D eigenvalue weighted by Crippen LogP contribution is -2.12. The first-order valence-corrected chi connectivity index (χ1v) is 5.43. The number of halogens is 6.